The van der Waals surface area contributed by atoms with E-state index in [1.165, 1.54) is 0 Å². The van der Waals surface area contributed by atoms with Crippen LogP contribution in [0.5, 0.6) is 11.5 Å². The van der Waals surface area contributed by atoms with Crippen LogP contribution >= 0.6 is 0 Å². The van der Waals surface area contributed by atoms with Gasteiger partial charge in [-0.2, -0.15) is 0 Å². The predicted molar refractivity (Wildman–Crippen MR) is 79.9 cm³/mol. The van der Waals surface area contributed by atoms with Gasteiger partial charge in [0, 0.05) is 12.4 Å². The average Bonchev–Trinajstić information content (AvgIpc) is 2.56. The van der Waals surface area contributed by atoms with Gasteiger partial charge in [-0.05, 0) is 29.8 Å². The largest absolute Gasteiger partial charge is 0.507 e. The molecule has 0 saturated carbocycles. The van der Waals surface area contributed by atoms with E-state index in [-0.39, 0.29) is 5.75 Å². The van der Waals surface area contributed by atoms with Crippen LogP contribution in [-0.2, 0) is 6.61 Å². The molecular weight excluding hydrogens is 264 g/mol. The van der Waals surface area contributed by atoms with Crippen molar-refractivity contribution in [3.8, 4) is 22.9 Å². The molecule has 104 valence electrons. The van der Waals surface area contributed by atoms with Gasteiger partial charge in [-0.1, -0.05) is 30.3 Å². The highest BCUT2D eigenvalue weighted by Crippen LogP contribution is 2.30. The van der Waals surface area contributed by atoms with E-state index in [0.29, 0.717) is 23.7 Å². The quantitative estimate of drug-likeness (QED) is 0.794. The number of aromatic nitrogens is 2. The van der Waals surface area contributed by atoms with Gasteiger partial charge in [0.1, 0.15) is 18.1 Å². The Morgan fingerprint density at radius 2 is 1.67 bits per heavy atom. The van der Waals surface area contributed by atoms with Crippen molar-refractivity contribution in [2.24, 2.45) is 0 Å². The first kappa shape index (κ1) is 13.1. The summed E-state index contributed by atoms with van der Waals surface area (Å²) in [7, 11) is 0. The molecule has 0 aliphatic heterocycles. The summed E-state index contributed by atoms with van der Waals surface area (Å²) in [5.41, 5.74) is 1.64. The summed E-state index contributed by atoms with van der Waals surface area (Å²) in [5.74, 6) is 1.27. The third-order valence-corrected chi connectivity index (χ3v) is 3.02. The van der Waals surface area contributed by atoms with Crippen LogP contribution < -0.4 is 4.74 Å². The number of ether oxygens (including phenoxy) is 1. The van der Waals surface area contributed by atoms with E-state index in [2.05, 4.69) is 9.97 Å². The standard InChI is InChI=1S/C17H14N2O2/c20-16-8-7-14(21-12-13-5-2-1-3-6-13)11-15(16)17-18-9-4-10-19-17/h1-11,20H,12H2. The van der Waals surface area contributed by atoms with Crippen LogP contribution in [0.4, 0.5) is 0 Å². The van der Waals surface area contributed by atoms with Crippen LogP contribution in [0.1, 0.15) is 5.56 Å². The van der Waals surface area contributed by atoms with Gasteiger partial charge in [0.05, 0.1) is 5.56 Å². The molecule has 0 aliphatic carbocycles. The SMILES string of the molecule is Oc1ccc(OCc2ccccc2)cc1-c1ncccn1. The van der Waals surface area contributed by atoms with Gasteiger partial charge in [0.2, 0.25) is 0 Å². The van der Waals surface area contributed by atoms with Crippen molar-refractivity contribution in [1.29, 1.82) is 0 Å². The molecule has 0 unspecified atom stereocenters. The topological polar surface area (TPSA) is 55.2 Å². The lowest BCUT2D eigenvalue weighted by Gasteiger charge is -2.09. The number of aromatic hydroxyl groups is 1. The second-order valence-corrected chi connectivity index (χ2v) is 4.53. The van der Waals surface area contributed by atoms with E-state index < -0.39 is 0 Å². The molecule has 3 rings (SSSR count). The van der Waals surface area contributed by atoms with Gasteiger partial charge in [0.15, 0.2) is 5.82 Å². The fourth-order valence-electron chi connectivity index (χ4n) is 1.96. The summed E-state index contributed by atoms with van der Waals surface area (Å²) in [4.78, 5) is 8.29. The van der Waals surface area contributed by atoms with Crippen LogP contribution in [0.3, 0.4) is 0 Å². The normalized spacial score (nSPS) is 10.3. The van der Waals surface area contributed by atoms with Crippen molar-refractivity contribution in [3.63, 3.8) is 0 Å². The second-order valence-electron chi connectivity index (χ2n) is 4.53. The Labute approximate surface area is 122 Å². The zero-order valence-corrected chi connectivity index (χ0v) is 11.3. The number of phenolic OH excluding ortho intramolecular Hbond substituents is 1. The summed E-state index contributed by atoms with van der Waals surface area (Å²) in [6.07, 6.45) is 3.28. The summed E-state index contributed by atoms with van der Waals surface area (Å²) < 4.78 is 5.74. The zero-order chi connectivity index (χ0) is 14.5. The predicted octanol–water partition coefficient (Wildman–Crippen LogP) is 3.43. The van der Waals surface area contributed by atoms with Gasteiger partial charge >= 0.3 is 0 Å². The lowest BCUT2D eigenvalue weighted by Crippen LogP contribution is -1.96. The highest BCUT2D eigenvalue weighted by Gasteiger charge is 2.08. The van der Waals surface area contributed by atoms with Gasteiger partial charge in [-0.25, -0.2) is 9.97 Å². The van der Waals surface area contributed by atoms with Gasteiger partial charge in [-0.15, -0.1) is 0 Å². The van der Waals surface area contributed by atoms with Crippen molar-refractivity contribution >= 4 is 0 Å². The van der Waals surface area contributed by atoms with Crippen LogP contribution in [0.25, 0.3) is 11.4 Å². The van der Waals surface area contributed by atoms with E-state index in [9.17, 15) is 5.11 Å². The molecule has 0 bridgehead atoms. The van der Waals surface area contributed by atoms with Crippen molar-refractivity contribution < 1.29 is 9.84 Å². The van der Waals surface area contributed by atoms with Crippen LogP contribution in [0, 0.1) is 0 Å². The monoisotopic (exact) mass is 278 g/mol. The molecule has 0 saturated heterocycles. The van der Waals surface area contributed by atoms with Gasteiger partial charge < -0.3 is 9.84 Å². The first-order valence-corrected chi connectivity index (χ1v) is 6.60. The molecule has 0 atom stereocenters. The number of benzene rings is 2. The van der Waals surface area contributed by atoms with Crippen molar-refractivity contribution in [3.05, 3.63) is 72.6 Å². The number of hydrogen-bond acceptors (Lipinski definition) is 4. The average molecular weight is 278 g/mol. The maximum absolute atomic E-state index is 9.94. The highest BCUT2D eigenvalue weighted by molar-refractivity contribution is 5.65. The third kappa shape index (κ3) is 3.17. The molecule has 1 N–H and O–H groups in total. The Morgan fingerprint density at radius 1 is 0.905 bits per heavy atom. The van der Waals surface area contributed by atoms with E-state index in [0.717, 1.165) is 5.56 Å². The molecule has 2 aromatic carbocycles. The molecule has 3 aromatic rings. The Morgan fingerprint density at radius 3 is 2.43 bits per heavy atom. The maximum atomic E-state index is 9.94. The van der Waals surface area contributed by atoms with Crippen molar-refractivity contribution in [2.75, 3.05) is 0 Å². The Balaban J connectivity index is 1.81. The summed E-state index contributed by atoms with van der Waals surface area (Å²) in [6, 6.07) is 16.7. The van der Waals surface area contributed by atoms with Crippen molar-refractivity contribution in [2.45, 2.75) is 6.61 Å². The highest BCUT2D eigenvalue weighted by atomic mass is 16.5. The van der Waals surface area contributed by atoms with Crippen LogP contribution in [0.2, 0.25) is 0 Å². The Kier molecular flexibility index (Phi) is 3.78. The van der Waals surface area contributed by atoms with Gasteiger partial charge in [0.25, 0.3) is 0 Å². The minimum Gasteiger partial charge on any atom is -0.507 e. The first-order valence-electron chi connectivity index (χ1n) is 6.60. The van der Waals surface area contributed by atoms with E-state index in [4.69, 9.17) is 4.74 Å². The number of phenols is 1. The fraction of sp³-hybridized carbons (Fsp3) is 0.0588. The smallest absolute Gasteiger partial charge is 0.163 e. The Bertz CT molecular complexity index is 715. The minimum atomic E-state index is 0.133. The third-order valence-electron chi connectivity index (χ3n) is 3.02. The zero-order valence-electron chi connectivity index (χ0n) is 11.3. The lowest BCUT2D eigenvalue weighted by atomic mass is 10.1. The first-order chi connectivity index (χ1) is 10.3. The Hall–Kier alpha value is -2.88. The molecule has 1 aromatic heterocycles. The number of nitrogens with zero attached hydrogens (tertiary/aromatic N) is 2. The summed E-state index contributed by atoms with van der Waals surface area (Å²) >= 11 is 0. The molecule has 0 aliphatic rings. The molecule has 0 fully saturated rings. The van der Waals surface area contributed by atoms with E-state index in [1.807, 2.05) is 30.3 Å². The molecule has 0 amide bonds. The molecular formula is C17H14N2O2. The molecule has 4 nitrogen and oxygen atoms in total. The summed E-state index contributed by atoms with van der Waals surface area (Å²) in [5, 5.41) is 9.94. The maximum Gasteiger partial charge on any atom is 0.163 e. The molecule has 4 heteroatoms. The number of rotatable bonds is 4. The summed E-state index contributed by atoms with van der Waals surface area (Å²) in [6.45, 7) is 0.473. The van der Waals surface area contributed by atoms with Crippen LogP contribution in [-0.4, -0.2) is 15.1 Å². The minimum absolute atomic E-state index is 0.133. The fourth-order valence-corrected chi connectivity index (χ4v) is 1.96. The van der Waals surface area contributed by atoms with Gasteiger partial charge in [-0.3, -0.25) is 0 Å². The second kappa shape index (κ2) is 6.05. The molecule has 1 heterocycles. The van der Waals surface area contributed by atoms with E-state index >= 15 is 0 Å². The molecule has 0 spiro atoms. The van der Waals surface area contributed by atoms with E-state index in [1.54, 1.807) is 36.7 Å². The lowest BCUT2D eigenvalue weighted by molar-refractivity contribution is 0.306. The van der Waals surface area contributed by atoms with Crippen molar-refractivity contribution in [1.82, 2.24) is 9.97 Å². The molecule has 21 heavy (non-hydrogen) atoms. The number of hydrogen-bond donors (Lipinski definition) is 1. The van der Waals surface area contributed by atoms with Crippen LogP contribution in [0.15, 0.2) is 67.0 Å². The molecule has 0 radical (unpaired) electrons.